The Bertz CT molecular complexity index is 404. The summed E-state index contributed by atoms with van der Waals surface area (Å²) in [7, 11) is 0. The average Bonchev–Trinajstić information content (AvgIpc) is 2.44. The fraction of sp³-hybridized carbons (Fsp3) is 0.533. The molecule has 0 atom stereocenters. The molecule has 2 N–H and O–H groups in total. The lowest BCUT2D eigenvalue weighted by atomic mass is 9.81. The van der Waals surface area contributed by atoms with E-state index in [4.69, 9.17) is 5.73 Å². The Morgan fingerprint density at radius 3 is 2.11 bits per heavy atom. The third-order valence-electron chi connectivity index (χ3n) is 3.90. The molecule has 0 saturated carbocycles. The highest BCUT2D eigenvalue weighted by atomic mass is 19.1. The highest BCUT2D eigenvalue weighted by Gasteiger charge is 2.36. The van der Waals surface area contributed by atoms with Gasteiger partial charge in [0, 0.05) is 18.8 Å². The Morgan fingerprint density at radius 1 is 1.21 bits per heavy atom. The molecule has 0 saturated heterocycles. The molecule has 3 nitrogen and oxygen atoms in total. The zero-order valence-corrected chi connectivity index (χ0v) is 11.9. The van der Waals surface area contributed by atoms with Crippen molar-refractivity contribution in [2.45, 2.75) is 33.6 Å². The number of benzene rings is 1. The first-order valence-electron chi connectivity index (χ1n) is 6.82. The van der Waals surface area contributed by atoms with E-state index in [1.54, 1.807) is 17.0 Å². The molecule has 0 spiro atoms. The molecule has 19 heavy (non-hydrogen) atoms. The Balaban J connectivity index is 3.08. The average molecular weight is 266 g/mol. The standard InChI is InChI=1S/C15H23FN2O/c1-4-15(5-2,11-17)14(19)18(6-3)13-9-7-12(16)8-10-13/h7-10H,4-6,11,17H2,1-3H3. The molecule has 0 bridgehead atoms. The summed E-state index contributed by atoms with van der Waals surface area (Å²) in [6, 6.07) is 5.99. The molecule has 0 aliphatic heterocycles. The predicted molar refractivity (Wildman–Crippen MR) is 76.5 cm³/mol. The monoisotopic (exact) mass is 266 g/mol. The first-order valence-corrected chi connectivity index (χ1v) is 6.82. The molecule has 106 valence electrons. The van der Waals surface area contributed by atoms with Crippen LogP contribution in [-0.4, -0.2) is 19.0 Å². The Hall–Kier alpha value is -1.42. The largest absolute Gasteiger partial charge is 0.329 e. The van der Waals surface area contributed by atoms with Crippen LogP contribution in [0.15, 0.2) is 24.3 Å². The summed E-state index contributed by atoms with van der Waals surface area (Å²) in [6.07, 6.45) is 1.41. The van der Waals surface area contributed by atoms with Crippen LogP contribution < -0.4 is 10.6 Å². The number of carbonyl (C=O) groups is 1. The van der Waals surface area contributed by atoms with Gasteiger partial charge in [-0.15, -0.1) is 0 Å². The van der Waals surface area contributed by atoms with Gasteiger partial charge in [-0.3, -0.25) is 4.79 Å². The van der Waals surface area contributed by atoms with Crippen LogP contribution in [0.25, 0.3) is 0 Å². The van der Waals surface area contributed by atoms with E-state index in [2.05, 4.69) is 0 Å². The van der Waals surface area contributed by atoms with Crippen LogP contribution in [0.4, 0.5) is 10.1 Å². The van der Waals surface area contributed by atoms with Gasteiger partial charge in [0.05, 0.1) is 5.41 Å². The molecule has 1 amide bonds. The van der Waals surface area contributed by atoms with Crippen LogP contribution in [0.2, 0.25) is 0 Å². The van der Waals surface area contributed by atoms with Crippen molar-refractivity contribution in [1.82, 2.24) is 0 Å². The number of halogens is 1. The van der Waals surface area contributed by atoms with Crippen molar-refractivity contribution in [3.63, 3.8) is 0 Å². The molecule has 0 unspecified atom stereocenters. The summed E-state index contributed by atoms with van der Waals surface area (Å²) < 4.78 is 13.0. The van der Waals surface area contributed by atoms with Crippen LogP contribution in [-0.2, 0) is 4.79 Å². The van der Waals surface area contributed by atoms with Gasteiger partial charge in [0.25, 0.3) is 0 Å². The van der Waals surface area contributed by atoms with E-state index >= 15 is 0 Å². The highest BCUT2D eigenvalue weighted by molar-refractivity contribution is 5.97. The Kier molecular flexibility index (Phi) is 5.48. The molecule has 0 heterocycles. The van der Waals surface area contributed by atoms with Gasteiger partial charge >= 0.3 is 0 Å². The van der Waals surface area contributed by atoms with Crippen molar-refractivity contribution >= 4 is 11.6 Å². The molecule has 0 radical (unpaired) electrons. The number of amides is 1. The molecule has 0 aromatic heterocycles. The topological polar surface area (TPSA) is 46.3 Å². The van der Waals surface area contributed by atoms with Crippen molar-refractivity contribution < 1.29 is 9.18 Å². The summed E-state index contributed by atoms with van der Waals surface area (Å²) in [6.45, 7) is 6.75. The van der Waals surface area contributed by atoms with Crippen LogP contribution in [0.1, 0.15) is 33.6 Å². The maximum absolute atomic E-state index is 13.0. The zero-order chi connectivity index (χ0) is 14.5. The smallest absolute Gasteiger partial charge is 0.234 e. The number of hydrogen-bond donors (Lipinski definition) is 1. The zero-order valence-electron chi connectivity index (χ0n) is 11.9. The van der Waals surface area contributed by atoms with Crippen LogP contribution in [0.3, 0.4) is 0 Å². The molecule has 0 aliphatic carbocycles. The van der Waals surface area contributed by atoms with Gasteiger partial charge in [0.15, 0.2) is 0 Å². The van der Waals surface area contributed by atoms with E-state index < -0.39 is 5.41 Å². The van der Waals surface area contributed by atoms with Crippen molar-refractivity contribution in [3.05, 3.63) is 30.1 Å². The van der Waals surface area contributed by atoms with Crippen molar-refractivity contribution in [3.8, 4) is 0 Å². The summed E-state index contributed by atoms with van der Waals surface area (Å²) in [4.78, 5) is 14.4. The van der Waals surface area contributed by atoms with E-state index in [9.17, 15) is 9.18 Å². The minimum Gasteiger partial charge on any atom is -0.329 e. The lowest BCUT2D eigenvalue weighted by Gasteiger charge is -2.34. The van der Waals surface area contributed by atoms with Gasteiger partial charge in [-0.1, -0.05) is 13.8 Å². The highest BCUT2D eigenvalue weighted by Crippen LogP contribution is 2.30. The molecular weight excluding hydrogens is 243 g/mol. The van der Waals surface area contributed by atoms with E-state index in [0.717, 1.165) is 0 Å². The number of rotatable bonds is 6. The third kappa shape index (κ3) is 3.13. The SMILES string of the molecule is CCN(C(=O)C(CC)(CC)CN)c1ccc(F)cc1. The quantitative estimate of drug-likeness (QED) is 0.860. The maximum Gasteiger partial charge on any atom is 0.234 e. The van der Waals surface area contributed by atoms with E-state index in [1.165, 1.54) is 12.1 Å². The second-order valence-electron chi connectivity index (χ2n) is 4.72. The molecule has 0 aliphatic rings. The second-order valence-corrected chi connectivity index (χ2v) is 4.72. The molecule has 4 heteroatoms. The molecular formula is C15H23FN2O. The lowest BCUT2D eigenvalue weighted by molar-refractivity contribution is -0.128. The maximum atomic E-state index is 13.0. The van der Waals surface area contributed by atoms with E-state index in [0.29, 0.717) is 31.6 Å². The summed E-state index contributed by atoms with van der Waals surface area (Å²) in [5.74, 6) is -0.280. The molecule has 1 aromatic carbocycles. The summed E-state index contributed by atoms with van der Waals surface area (Å²) in [5.41, 5.74) is 6.01. The predicted octanol–water partition coefficient (Wildman–Crippen LogP) is 2.94. The van der Waals surface area contributed by atoms with Crippen LogP contribution in [0.5, 0.6) is 0 Å². The van der Waals surface area contributed by atoms with Gasteiger partial charge in [0.2, 0.25) is 5.91 Å². The van der Waals surface area contributed by atoms with Gasteiger partial charge in [-0.2, -0.15) is 0 Å². The van der Waals surface area contributed by atoms with Crippen LogP contribution in [0, 0.1) is 11.2 Å². The number of nitrogens with zero attached hydrogens (tertiary/aromatic N) is 1. The Morgan fingerprint density at radius 2 is 1.74 bits per heavy atom. The minimum absolute atomic E-state index is 0.0223. The fourth-order valence-electron chi connectivity index (χ4n) is 2.28. The molecule has 0 fully saturated rings. The first kappa shape index (κ1) is 15.6. The van der Waals surface area contributed by atoms with Crippen molar-refractivity contribution in [1.29, 1.82) is 0 Å². The van der Waals surface area contributed by atoms with Crippen molar-refractivity contribution in [2.75, 3.05) is 18.0 Å². The van der Waals surface area contributed by atoms with Gasteiger partial charge in [-0.25, -0.2) is 4.39 Å². The summed E-state index contributed by atoms with van der Waals surface area (Å²) in [5, 5.41) is 0. The molecule has 1 rings (SSSR count). The number of anilines is 1. The normalized spacial score (nSPS) is 11.4. The molecule has 1 aromatic rings. The van der Waals surface area contributed by atoms with Crippen LogP contribution >= 0.6 is 0 Å². The summed E-state index contributed by atoms with van der Waals surface area (Å²) >= 11 is 0. The minimum atomic E-state index is -0.523. The lowest BCUT2D eigenvalue weighted by Crippen LogP contribution is -2.47. The first-order chi connectivity index (χ1) is 9.04. The number of hydrogen-bond acceptors (Lipinski definition) is 2. The van der Waals surface area contributed by atoms with Gasteiger partial charge < -0.3 is 10.6 Å². The van der Waals surface area contributed by atoms with E-state index in [1.807, 2.05) is 20.8 Å². The van der Waals surface area contributed by atoms with Crippen molar-refractivity contribution in [2.24, 2.45) is 11.1 Å². The van der Waals surface area contributed by atoms with Gasteiger partial charge in [-0.05, 0) is 44.0 Å². The fourth-order valence-corrected chi connectivity index (χ4v) is 2.28. The second kappa shape index (κ2) is 6.66. The number of carbonyl (C=O) groups excluding carboxylic acids is 1. The Labute approximate surface area is 114 Å². The third-order valence-corrected chi connectivity index (χ3v) is 3.90. The number of nitrogens with two attached hydrogens (primary N) is 1. The van der Waals surface area contributed by atoms with Gasteiger partial charge in [0.1, 0.15) is 5.82 Å². The van der Waals surface area contributed by atoms with E-state index in [-0.39, 0.29) is 11.7 Å².